The summed E-state index contributed by atoms with van der Waals surface area (Å²) < 4.78 is 29.6. The van der Waals surface area contributed by atoms with Gasteiger partial charge in [-0.15, -0.1) is 0 Å². The molecule has 0 radical (unpaired) electrons. The maximum absolute atomic E-state index is 12.0. The number of nitrogens with zero attached hydrogens (tertiary/aromatic N) is 1. The molecule has 2 rings (SSSR count). The first-order chi connectivity index (χ1) is 9.13. The second-order valence-corrected chi connectivity index (χ2v) is 7.27. The predicted octanol–water partition coefficient (Wildman–Crippen LogP) is 1.86. The van der Waals surface area contributed by atoms with Crippen LogP contribution in [0.25, 0.3) is 0 Å². The Balaban J connectivity index is 1.96. The summed E-state index contributed by atoms with van der Waals surface area (Å²) in [6.45, 7) is 3.95. The Hall–Kier alpha value is -0.880. The molecule has 108 valence electrons. The number of oxazole rings is 1. The zero-order valence-corrected chi connectivity index (χ0v) is 12.2. The molecule has 0 saturated carbocycles. The van der Waals surface area contributed by atoms with Crippen molar-refractivity contribution in [1.29, 1.82) is 0 Å². The van der Waals surface area contributed by atoms with Gasteiger partial charge in [0, 0.05) is 6.42 Å². The van der Waals surface area contributed by atoms with E-state index in [-0.39, 0.29) is 5.75 Å². The van der Waals surface area contributed by atoms with E-state index in [9.17, 15) is 8.42 Å². The van der Waals surface area contributed by atoms with Crippen molar-refractivity contribution < 1.29 is 12.8 Å². The second kappa shape index (κ2) is 6.52. The molecule has 1 aliphatic heterocycles. The van der Waals surface area contributed by atoms with Gasteiger partial charge in [0.2, 0.25) is 0 Å². The maximum Gasteiger partial charge on any atom is 0.194 e. The molecule has 1 aliphatic rings. The zero-order chi connectivity index (χ0) is 13.7. The molecule has 1 saturated heterocycles. The molecule has 0 aliphatic carbocycles. The third-order valence-electron chi connectivity index (χ3n) is 3.46. The molecule has 1 unspecified atom stereocenters. The van der Waals surface area contributed by atoms with Crippen LogP contribution < -0.4 is 5.32 Å². The molecule has 0 aromatic carbocycles. The maximum atomic E-state index is 12.0. The van der Waals surface area contributed by atoms with Gasteiger partial charge in [0.05, 0.1) is 11.9 Å². The van der Waals surface area contributed by atoms with Gasteiger partial charge in [0.1, 0.15) is 11.0 Å². The summed E-state index contributed by atoms with van der Waals surface area (Å²) in [4.78, 5) is 4.20. The van der Waals surface area contributed by atoms with Crippen molar-refractivity contribution in [3.05, 3.63) is 17.8 Å². The van der Waals surface area contributed by atoms with Gasteiger partial charge in [-0.05, 0) is 32.4 Å². The van der Waals surface area contributed by atoms with E-state index in [0.717, 1.165) is 38.8 Å². The first-order valence-corrected chi connectivity index (χ1v) is 8.72. The van der Waals surface area contributed by atoms with Gasteiger partial charge in [-0.1, -0.05) is 13.3 Å². The molecule has 6 heteroatoms. The molecule has 1 atom stereocenters. The van der Waals surface area contributed by atoms with Crippen molar-refractivity contribution in [2.45, 2.75) is 44.3 Å². The molecule has 1 aromatic rings. The molecular formula is C13H22N2O3S. The van der Waals surface area contributed by atoms with Gasteiger partial charge in [-0.3, -0.25) is 0 Å². The number of rotatable bonds is 6. The smallest absolute Gasteiger partial charge is 0.194 e. The van der Waals surface area contributed by atoms with Crippen LogP contribution in [-0.2, 0) is 16.3 Å². The van der Waals surface area contributed by atoms with Crippen LogP contribution in [-0.4, -0.2) is 32.2 Å². The number of hydrogen-bond donors (Lipinski definition) is 1. The molecule has 5 nitrogen and oxygen atoms in total. The Morgan fingerprint density at radius 1 is 1.47 bits per heavy atom. The average Bonchev–Trinajstić information content (AvgIpc) is 2.82. The standard InChI is InChI=1S/C13H22N2O3S/c1-2-14-8-5-7-13-15-10-11(18-13)12-6-3-4-9-19(12,16)17/h10,12,14H,2-9H2,1H3. The summed E-state index contributed by atoms with van der Waals surface area (Å²) >= 11 is 0. The van der Waals surface area contributed by atoms with E-state index in [1.807, 2.05) is 0 Å². The molecule has 1 aromatic heterocycles. The van der Waals surface area contributed by atoms with Crippen LogP contribution in [0.15, 0.2) is 10.6 Å². The highest BCUT2D eigenvalue weighted by Gasteiger charge is 2.33. The Morgan fingerprint density at radius 3 is 3.05 bits per heavy atom. The van der Waals surface area contributed by atoms with E-state index in [1.165, 1.54) is 0 Å². The summed E-state index contributed by atoms with van der Waals surface area (Å²) in [6.07, 6.45) is 5.66. The zero-order valence-electron chi connectivity index (χ0n) is 11.4. The predicted molar refractivity (Wildman–Crippen MR) is 73.7 cm³/mol. The normalized spacial score (nSPS) is 22.5. The van der Waals surface area contributed by atoms with Gasteiger partial charge in [-0.2, -0.15) is 0 Å². The molecule has 0 bridgehead atoms. The number of aryl methyl sites for hydroxylation is 1. The lowest BCUT2D eigenvalue weighted by Crippen LogP contribution is -2.21. The fraction of sp³-hybridized carbons (Fsp3) is 0.769. The molecule has 1 N–H and O–H groups in total. The van der Waals surface area contributed by atoms with Crippen LogP contribution in [0.1, 0.15) is 49.5 Å². The lowest BCUT2D eigenvalue weighted by Gasteiger charge is -2.19. The number of hydrogen-bond acceptors (Lipinski definition) is 5. The minimum atomic E-state index is -3.04. The van der Waals surface area contributed by atoms with Crippen molar-refractivity contribution in [3.63, 3.8) is 0 Å². The van der Waals surface area contributed by atoms with Crippen LogP contribution in [0, 0.1) is 0 Å². The molecular weight excluding hydrogens is 264 g/mol. The fourth-order valence-corrected chi connectivity index (χ4v) is 4.28. The third-order valence-corrected chi connectivity index (χ3v) is 5.65. The van der Waals surface area contributed by atoms with E-state index in [1.54, 1.807) is 6.20 Å². The fourth-order valence-electron chi connectivity index (χ4n) is 2.40. The van der Waals surface area contributed by atoms with E-state index >= 15 is 0 Å². The molecule has 19 heavy (non-hydrogen) atoms. The number of sulfone groups is 1. The van der Waals surface area contributed by atoms with E-state index in [0.29, 0.717) is 18.1 Å². The highest BCUT2D eigenvalue weighted by Crippen LogP contribution is 2.33. The quantitative estimate of drug-likeness (QED) is 0.808. The van der Waals surface area contributed by atoms with Crippen molar-refractivity contribution in [3.8, 4) is 0 Å². The van der Waals surface area contributed by atoms with Crippen molar-refractivity contribution in [1.82, 2.24) is 10.3 Å². The molecule has 0 spiro atoms. The summed E-state index contributed by atoms with van der Waals surface area (Å²) in [6, 6.07) is 0. The highest BCUT2D eigenvalue weighted by atomic mass is 32.2. The Labute approximate surface area is 114 Å². The molecule has 2 heterocycles. The minimum Gasteiger partial charge on any atom is -0.444 e. The highest BCUT2D eigenvalue weighted by molar-refractivity contribution is 7.91. The lowest BCUT2D eigenvalue weighted by molar-refractivity contribution is 0.425. The summed E-state index contributed by atoms with van der Waals surface area (Å²) in [5, 5.41) is 2.76. The number of aromatic nitrogens is 1. The third kappa shape index (κ3) is 3.79. The van der Waals surface area contributed by atoms with Gasteiger partial charge in [0.15, 0.2) is 15.7 Å². The van der Waals surface area contributed by atoms with Crippen LogP contribution in [0.5, 0.6) is 0 Å². The van der Waals surface area contributed by atoms with Gasteiger partial charge < -0.3 is 9.73 Å². The van der Waals surface area contributed by atoms with E-state index < -0.39 is 15.1 Å². The van der Waals surface area contributed by atoms with Crippen LogP contribution in [0.2, 0.25) is 0 Å². The van der Waals surface area contributed by atoms with Gasteiger partial charge >= 0.3 is 0 Å². The summed E-state index contributed by atoms with van der Waals surface area (Å²) in [5.41, 5.74) is 0. The minimum absolute atomic E-state index is 0.272. The molecule has 1 fully saturated rings. The summed E-state index contributed by atoms with van der Waals surface area (Å²) in [7, 11) is -3.04. The Kier molecular flexibility index (Phi) is 4.99. The molecule has 0 amide bonds. The first kappa shape index (κ1) is 14.5. The average molecular weight is 286 g/mol. The van der Waals surface area contributed by atoms with Gasteiger partial charge in [0.25, 0.3) is 0 Å². The topological polar surface area (TPSA) is 72.2 Å². The SMILES string of the molecule is CCNCCCc1ncc(C2CCCCS2(=O)=O)o1. The second-order valence-electron chi connectivity index (χ2n) is 4.96. The van der Waals surface area contributed by atoms with Crippen molar-refractivity contribution in [2.24, 2.45) is 0 Å². The summed E-state index contributed by atoms with van der Waals surface area (Å²) in [5.74, 6) is 1.44. The monoisotopic (exact) mass is 286 g/mol. The van der Waals surface area contributed by atoms with Crippen LogP contribution in [0.3, 0.4) is 0 Å². The van der Waals surface area contributed by atoms with E-state index in [2.05, 4.69) is 17.2 Å². The largest absolute Gasteiger partial charge is 0.444 e. The van der Waals surface area contributed by atoms with Gasteiger partial charge in [-0.25, -0.2) is 13.4 Å². The van der Waals surface area contributed by atoms with Crippen molar-refractivity contribution in [2.75, 3.05) is 18.8 Å². The lowest BCUT2D eigenvalue weighted by atomic mass is 10.1. The Bertz CT molecular complexity index is 496. The van der Waals surface area contributed by atoms with Crippen LogP contribution in [0.4, 0.5) is 0 Å². The van der Waals surface area contributed by atoms with E-state index in [4.69, 9.17) is 4.42 Å². The Morgan fingerprint density at radius 2 is 2.32 bits per heavy atom. The van der Waals surface area contributed by atoms with Crippen LogP contribution >= 0.6 is 0 Å². The first-order valence-electron chi connectivity index (χ1n) is 7.00. The van der Waals surface area contributed by atoms with Crippen molar-refractivity contribution >= 4 is 9.84 Å². The number of nitrogens with one attached hydrogen (secondary N) is 1.